The summed E-state index contributed by atoms with van der Waals surface area (Å²) in [6, 6.07) is 11.8. The number of urea groups is 1. The lowest BCUT2D eigenvalue weighted by atomic mass is 10.1. The summed E-state index contributed by atoms with van der Waals surface area (Å²) in [5, 5.41) is 2.42. The third-order valence-electron chi connectivity index (χ3n) is 3.23. The summed E-state index contributed by atoms with van der Waals surface area (Å²) in [6.45, 7) is 4.17. The summed E-state index contributed by atoms with van der Waals surface area (Å²) in [4.78, 5) is 22.9. The summed E-state index contributed by atoms with van der Waals surface area (Å²) in [7, 11) is 0. The number of amides is 2. The smallest absolute Gasteiger partial charge is 0.338 e. The molecule has 0 aliphatic rings. The molecule has 0 spiro atoms. The fourth-order valence-corrected chi connectivity index (χ4v) is 2.05. The van der Waals surface area contributed by atoms with E-state index in [1.165, 1.54) is 6.07 Å². The summed E-state index contributed by atoms with van der Waals surface area (Å²) in [5.74, 6) is -0.450. The third-order valence-corrected chi connectivity index (χ3v) is 3.23. The molecule has 0 fully saturated rings. The Kier molecular flexibility index (Phi) is 4.78. The lowest BCUT2D eigenvalue weighted by molar-refractivity contribution is 0.0472. The van der Waals surface area contributed by atoms with Crippen LogP contribution in [0, 0.1) is 13.8 Å². The molecule has 114 valence electrons. The molecule has 2 amide bonds. The molecular formula is C17H18N2O3. The molecule has 2 aromatic rings. The summed E-state index contributed by atoms with van der Waals surface area (Å²) >= 11 is 0. The first-order chi connectivity index (χ1) is 10.5. The lowest BCUT2D eigenvalue weighted by Crippen LogP contribution is -2.19. The minimum absolute atomic E-state index is 0.208. The molecule has 0 saturated heterocycles. The molecule has 22 heavy (non-hydrogen) atoms. The van der Waals surface area contributed by atoms with Crippen molar-refractivity contribution in [2.45, 2.75) is 20.5 Å². The van der Waals surface area contributed by atoms with Gasteiger partial charge in [-0.1, -0.05) is 29.8 Å². The van der Waals surface area contributed by atoms with Crippen molar-refractivity contribution in [2.75, 3.05) is 5.32 Å². The molecule has 0 aromatic heterocycles. The van der Waals surface area contributed by atoms with E-state index in [1.54, 1.807) is 18.2 Å². The number of benzene rings is 2. The van der Waals surface area contributed by atoms with Gasteiger partial charge in [-0.25, -0.2) is 9.59 Å². The zero-order valence-electron chi connectivity index (χ0n) is 12.6. The van der Waals surface area contributed by atoms with Gasteiger partial charge in [0.25, 0.3) is 0 Å². The quantitative estimate of drug-likeness (QED) is 0.851. The van der Waals surface area contributed by atoms with Crippen molar-refractivity contribution in [3.8, 4) is 0 Å². The maximum Gasteiger partial charge on any atom is 0.338 e. The number of carbonyl (C=O) groups excluding carboxylic acids is 2. The number of anilines is 1. The van der Waals surface area contributed by atoms with Crippen LogP contribution >= 0.6 is 0 Å². The molecule has 3 N–H and O–H groups in total. The van der Waals surface area contributed by atoms with E-state index in [-0.39, 0.29) is 6.61 Å². The number of hydrogen-bond acceptors (Lipinski definition) is 3. The van der Waals surface area contributed by atoms with Gasteiger partial charge in [0, 0.05) is 5.69 Å². The van der Waals surface area contributed by atoms with Crippen molar-refractivity contribution < 1.29 is 14.3 Å². The fraction of sp³-hybridized carbons (Fsp3) is 0.176. The number of ether oxygens (including phenoxy) is 1. The van der Waals surface area contributed by atoms with Crippen LogP contribution in [-0.4, -0.2) is 12.0 Å². The Labute approximate surface area is 129 Å². The minimum Gasteiger partial charge on any atom is -0.457 e. The molecule has 0 radical (unpaired) electrons. The van der Waals surface area contributed by atoms with Gasteiger partial charge in [0.15, 0.2) is 0 Å². The second-order valence-electron chi connectivity index (χ2n) is 5.08. The third kappa shape index (κ3) is 4.09. The standard InChI is InChI=1S/C17H18N2O3/c1-11-6-7-12(2)14(8-11)10-22-16(20)13-4-3-5-15(9-13)19-17(18)21/h3-9H,10H2,1-2H3,(H3,18,19,21). The Morgan fingerprint density at radius 2 is 1.91 bits per heavy atom. The van der Waals surface area contributed by atoms with Gasteiger partial charge in [-0.3, -0.25) is 0 Å². The average Bonchev–Trinajstić information content (AvgIpc) is 2.47. The maximum absolute atomic E-state index is 12.1. The second-order valence-corrected chi connectivity index (χ2v) is 5.08. The Hall–Kier alpha value is -2.82. The van der Waals surface area contributed by atoms with Gasteiger partial charge >= 0.3 is 12.0 Å². The zero-order valence-corrected chi connectivity index (χ0v) is 12.6. The molecule has 0 heterocycles. The molecule has 0 aliphatic heterocycles. The number of aryl methyl sites for hydroxylation is 2. The van der Waals surface area contributed by atoms with E-state index in [0.717, 1.165) is 16.7 Å². The number of carbonyl (C=O) groups is 2. The van der Waals surface area contributed by atoms with Gasteiger partial charge < -0.3 is 15.8 Å². The van der Waals surface area contributed by atoms with Crippen LogP contribution in [0.2, 0.25) is 0 Å². The first-order valence-corrected chi connectivity index (χ1v) is 6.85. The first kappa shape index (κ1) is 15.6. The summed E-state index contributed by atoms with van der Waals surface area (Å²) in [6.07, 6.45) is 0. The van der Waals surface area contributed by atoms with Crippen molar-refractivity contribution in [2.24, 2.45) is 5.73 Å². The zero-order chi connectivity index (χ0) is 16.1. The van der Waals surface area contributed by atoms with Crippen LogP contribution in [0.3, 0.4) is 0 Å². The number of primary amides is 1. The predicted octanol–water partition coefficient (Wildman–Crippen LogP) is 3.15. The van der Waals surface area contributed by atoms with Crippen LogP contribution in [0.15, 0.2) is 42.5 Å². The SMILES string of the molecule is Cc1ccc(C)c(COC(=O)c2cccc(NC(N)=O)c2)c1. The molecule has 5 nitrogen and oxygen atoms in total. The molecule has 0 atom stereocenters. The normalized spacial score (nSPS) is 10.1. The van der Waals surface area contributed by atoms with Crippen molar-refractivity contribution in [1.29, 1.82) is 0 Å². The van der Waals surface area contributed by atoms with Crippen LogP contribution in [0.4, 0.5) is 10.5 Å². The molecule has 2 aromatic carbocycles. The van der Waals surface area contributed by atoms with Crippen LogP contribution in [-0.2, 0) is 11.3 Å². The van der Waals surface area contributed by atoms with Gasteiger partial charge in [-0.05, 0) is 43.2 Å². The van der Waals surface area contributed by atoms with Crippen molar-refractivity contribution in [1.82, 2.24) is 0 Å². The van der Waals surface area contributed by atoms with Crippen molar-refractivity contribution in [3.05, 3.63) is 64.7 Å². The van der Waals surface area contributed by atoms with Crippen molar-refractivity contribution >= 4 is 17.7 Å². The fourth-order valence-electron chi connectivity index (χ4n) is 2.05. The Morgan fingerprint density at radius 3 is 2.64 bits per heavy atom. The van der Waals surface area contributed by atoms with E-state index >= 15 is 0 Å². The highest BCUT2D eigenvalue weighted by Crippen LogP contribution is 2.15. The van der Waals surface area contributed by atoms with Crippen LogP contribution in [0.5, 0.6) is 0 Å². The monoisotopic (exact) mass is 298 g/mol. The van der Waals surface area contributed by atoms with E-state index in [0.29, 0.717) is 11.3 Å². The van der Waals surface area contributed by atoms with E-state index in [9.17, 15) is 9.59 Å². The van der Waals surface area contributed by atoms with E-state index in [2.05, 4.69) is 5.32 Å². The van der Waals surface area contributed by atoms with Gasteiger partial charge in [-0.15, -0.1) is 0 Å². The highest BCUT2D eigenvalue weighted by molar-refractivity contribution is 5.93. The number of nitrogens with two attached hydrogens (primary N) is 1. The van der Waals surface area contributed by atoms with Gasteiger partial charge in [0.1, 0.15) is 6.61 Å². The largest absolute Gasteiger partial charge is 0.457 e. The minimum atomic E-state index is -0.680. The van der Waals surface area contributed by atoms with Crippen molar-refractivity contribution in [3.63, 3.8) is 0 Å². The molecular weight excluding hydrogens is 280 g/mol. The van der Waals surface area contributed by atoms with Gasteiger partial charge in [-0.2, -0.15) is 0 Å². The predicted molar refractivity (Wildman–Crippen MR) is 84.7 cm³/mol. The van der Waals surface area contributed by atoms with E-state index in [1.807, 2.05) is 32.0 Å². The topological polar surface area (TPSA) is 81.4 Å². The Balaban J connectivity index is 2.06. The number of hydrogen-bond donors (Lipinski definition) is 2. The second kappa shape index (κ2) is 6.76. The highest BCUT2D eigenvalue weighted by Gasteiger charge is 2.09. The van der Waals surface area contributed by atoms with Crippen LogP contribution in [0.1, 0.15) is 27.0 Å². The first-order valence-electron chi connectivity index (χ1n) is 6.85. The van der Waals surface area contributed by atoms with E-state index in [4.69, 9.17) is 10.5 Å². The number of nitrogens with one attached hydrogen (secondary N) is 1. The molecule has 5 heteroatoms. The maximum atomic E-state index is 12.1. The summed E-state index contributed by atoms with van der Waals surface area (Å²) < 4.78 is 5.33. The van der Waals surface area contributed by atoms with Gasteiger partial charge in [0.05, 0.1) is 5.56 Å². The Morgan fingerprint density at radius 1 is 1.14 bits per heavy atom. The molecule has 0 saturated carbocycles. The van der Waals surface area contributed by atoms with Crippen LogP contribution in [0.25, 0.3) is 0 Å². The molecule has 0 unspecified atom stereocenters. The number of esters is 1. The molecule has 0 bridgehead atoms. The summed E-state index contributed by atoms with van der Waals surface area (Å²) in [5.41, 5.74) is 9.02. The number of rotatable bonds is 4. The van der Waals surface area contributed by atoms with Gasteiger partial charge in [0.2, 0.25) is 0 Å². The van der Waals surface area contributed by atoms with Crippen LogP contribution < -0.4 is 11.1 Å². The Bertz CT molecular complexity index is 711. The molecule has 2 rings (SSSR count). The lowest BCUT2D eigenvalue weighted by Gasteiger charge is -2.09. The molecule has 0 aliphatic carbocycles. The highest BCUT2D eigenvalue weighted by atomic mass is 16.5. The van der Waals surface area contributed by atoms with E-state index < -0.39 is 12.0 Å². The average molecular weight is 298 g/mol.